The van der Waals surface area contributed by atoms with Crippen LogP contribution < -0.4 is 5.32 Å². The number of benzene rings is 1. The van der Waals surface area contributed by atoms with Crippen molar-refractivity contribution < 1.29 is 19.4 Å². The van der Waals surface area contributed by atoms with Crippen LogP contribution in [0.5, 0.6) is 0 Å². The number of carboxylic acids is 1. The van der Waals surface area contributed by atoms with E-state index in [0.717, 1.165) is 0 Å². The number of carbonyl (C=O) groups is 1. The molecule has 0 amide bonds. The van der Waals surface area contributed by atoms with Gasteiger partial charge in [0.25, 0.3) is 0 Å². The number of rotatable bonds is 5. The van der Waals surface area contributed by atoms with Crippen LogP contribution in [0.15, 0.2) is 16.6 Å². The van der Waals surface area contributed by atoms with Crippen LogP contribution in [0.4, 0.5) is 10.1 Å². The summed E-state index contributed by atoms with van der Waals surface area (Å²) in [5.74, 6) is -1.75. The van der Waals surface area contributed by atoms with Crippen molar-refractivity contribution in [3.8, 4) is 0 Å². The summed E-state index contributed by atoms with van der Waals surface area (Å²) in [6, 6.07) is 2.38. The summed E-state index contributed by atoms with van der Waals surface area (Å²) in [6.45, 7) is 3.66. The molecule has 3 N–H and O–H groups in total. The molecule has 0 radical (unpaired) electrons. The third-order valence-corrected chi connectivity index (χ3v) is 3.43. The summed E-state index contributed by atoms with van der Waals surface area (Å²) < 4.78 is 13.8. The molecule has 0 spiro atoms. The maximum absolute atomic E-state index is 13.9. The van der Waals surface area contributed by atoms with Gasteiger partial charge in [0.15, 0.2) is 5.82 Å². The highest BCUT2D eigenvalue weighted by Gasteiger charge is 2.19. The fraction of sp³-hybridized carbons (Fsp3) is 0.417. The van der Waals surface area contributed by atoms with Crippen LogP contribution in [-0.2, 0) is 0 Å². The van der Waals surface area contributed by atoms with E-state index in [1.807, 2.05) is 13.8 Å². The molecule has 0 fully saturated rings. The molecule has 18 heavy (non-hydrogen) atoms. The molecule has 1 aromatic rings. The lowest BCUT2D eigenvalue weighted by Crippen LogP contribution is -2.30. The van der Waals surface area contributed by atoms with Gasteiger partial charge in [-0.15, -0.1) is 0 Å². The zero-order valence-corrected chi connectivity index (χ0v) is 11.7. The number of hydrogen-bond donors (Lipinski definition) is 3. The zero-order valence-electron chi connectivity index (χ0n) is 10.1. The molecule has 1 unspecified atom stereocenters. The molecule has 1 aromatic carbocycles. The van der Waals surface area contributed by atoms with Crippen LogP contribution in [0.2, 0.25) is 0 Å². The lowest BCUT2D eigenvalue weighted by molar-refractivity contribution is 0.0695. The molecule has 1 atom stereocenters. The summed E-state index contributed by atoms with van der Waals surface area (Å²) in [5, 5.41) is 20.9. The van der Waals surface area contributed by atoms with Gasteiger partial charge in [-0.1, -0.05) is 13.8 Å². The van der Waals surface area contributed by atoms with Crippen molar-refractivity contribution in [1.82, 2.24) is 0 Å². The Hall–Kier alpha value is -1.14. The van der Waals surface area contributed by atoms with E-state index in [1.54, 1.807) is 0 Å². The van der Waals surface area contributed by atoms with E-state index >= 15 is 0 Å². The average molecular weight is 320 g/mol. The quantitative estimate of drug-likeness (QED) is 0.780. The summed E-state index contributed by atoms with van der Waals surface area (Å²) in [5.41, 5.74) is 0.0303. The zero-order chi connectivity index (χ0) is 13.9. The molecule has 0 bridgehead atoms. The molecular formula is C12H15BrFNO3. The minimum atomic E-state index is -1.20. The summed E-state index contributed by atoms with van der Waals surface area (Å²) in [7, 11) is 0. The second-order valence-electron chi connectivity index (χ2n) is 4.27. The van der Waals surface area contributed by atoms with E-state index in [0.29, 0.717) is 0 Å². The van der Waals surface area contributed by atoms with E-state index in [1.165, 1.54) is 12.1 Å². The minimum absolute atomic E-state index is 0.0968. The van der Waals surface area contributed by atoms with Crippen LogP contribution in [0.1, 0.15) is 24.2 Å². The number of aliphatic hydroxyl groups excluding tert-OH is 1. The third-order valence-electron chi connectivity index (χ3n) is 2.66. The van der Waals surface area contributed by atoms with Crippen molar-refractivity contribution in [1.29, 1.82) is 0 Å². The molecule has 0 aliphatic rings. The molecule has 4 nitrogen and oxygen atoms in total. The normalized spacial score (nSPS) is 12.6. The second-order valence-corrected chi connectivity index (χ2v) is 5.06. The monoisotopic (exact) mass is 319 g/mol. The Morgan fingerprint density at radius 2 is 2.11 bits per heavy atom. The number of nitrogens with one attached hydrogen (secondary N) is 1. The van der Waals surface area contributed by atoms with E-state index < -0.39 is 11.8 Å². The lowest BCUT2D eigenvalue weighted by Gasteiger charge is -2.22. The predicted octanol–water partition coefficient (Wildman–Crippen LogP) is 2.72. The Morgan fingerprint density at radius 3 is 2.56 bits per heavy atom. The number of anilines is 1. The maximum atomic E-state index is 13.9. The Kier molecular flexibility index (Phi) is 5.10. The molecule has 6 heteroatoms. The summed E-state index contributed by atoms with van der Waals surface area (Å²) in [4.78, 5) is 10.8. The van der Waals surface area contributed by atoms with Crippen LogP contribution in [-0.4, -0.2) is 28.8 Å². The molecule has 0 aromatic heterocycles. The molecule has 0 heterocycles. The van der Waals surface area contributed by atoms with Crippen molar-refractivity contribution >= 4 is 27.6 Å². The highest BCUT2D eigenvalue weighted by Crippen LogP contribution is 2.28. The van der Waals surface area contributed by atoms with Crippen LogP contribution in [0.25, 0.3) is 0 Å². The molecule has 0 saturated heterocycles. The summed E-state index contributed by atoms with van der Waals surface area (Å²) >= 11 is 2.92. The van der Waals surface area contributed by atoms with E-state index in [4.69, 9.17) is 10.2 Å². The first-order valence-electron chi connectivity index (χ1n) is 5.47. The Labute approximate surface area is 113 Å². The fourth-order valence-corrected chi connectivity index (χ4v) is 1.96. The van der Waals surface area contributed by atoms with Crippen molar-refractivity contribution in [2.24, 2.45) is 5.92 Å². The average Bonchev–Trinajstić information content (AvgIpc) is 2.30. The largest absolute Gasteiger partial charge is 0.478 e. The Bertz CT molecular complexity index is 451. The smallest absolute Gasteiger partial charge is 0.336 e. The van der Waals surface area contributed by atoms with Crippen molar-refractivity contribution in [2.45, 2.75) is 19.9 Å². The van der Waals surface area contributed by atoms with Crippen molar-refractivity contribution in [3.05, 3.63) is 28.0 Å². The first-order valence-corrected chi connectivity index (χ1v) is 6.26. The van der Waals surface area contributed by atoms with Crippen LogP contribution in [0, 0.1) is 11.7 Å². The van der Waals surface area contributed by atoms with Gasteiger partial charge in [0, 0.05) is 0 Å². The van der Waals surface area contributed by atoms with Crippen LogP contribution >= 0.6 is 15.9 Å². The number of hydrogen-bond acceptors (Lipinski definition) is 3. The molecule has 0 aliphatic carbocycles. The standard InChI is InChI=1S/C12H15BrFNO3/c1-6(2)9(5-16)15-8-4-3-7(12(17)18)10(13)11(8)14/h3-4,6,9,15-16H,5H2,1-2H3,(H,17,18). The maximum Gasteiger partial charge on any atom is 0.336 e. The lowest BCUT2D eigenvalue weighted by atomic mass is 10.0. The van der Waals surface area contributed by atoms with Gasteiger partial charge in [0.05, 0.1) is 28.4 Å². The van der Waals surface area contributed by atoms with Gasteiger partial charge >= 0.3 is 5.97 Å². The predicted molar refractivity (Wildman–Crippen MR) is 70.4 cm³/mol. The first kappa shape index (κ1) is 14.9. The van der Waals surface area contributed by atoms with Gasteiger partial charge in [0.2, 0.25) is 0 Å². The van der Waals surface area contributed by atoms with Gasteiger partial charge in [-0.05, 0) is 34.0 Å². The van der Waals surface area contributed by atoms with Gasteiger partial charge in [-0.25, -0.2) is 9.18 Å². The number of aromatic carboxylic acids is 1. The molecule has 0 aliphatic heterocycles. The third kappa shape index (κ3) is 3.20. The molecule has 100 valence electrons. The molecular weight excluding hydrogens is 305 g/mol. The van der Waals surface area contributed by atoms with Gasteiger partial charge < -0.3 is 15.5 Å². The van der Waals surface area contributed by atoms with Gasteiger partial charge in [0.1, 0.15) is 0 Å². The number of aliphatic hydroxyl groups is 1. The molecule has 0 saturated carbocycles. The molecule has 1 rings (SSSR count). The van der Waals surface area contributed by atoms with Gasteiger partial charge in [-0.3, -0.25) is 0 Å². The summed E-state index contributed by atoms with van der Waals surface area (Å²) in [6.07, 6.45) is 0. The Morgan fingerprint density at radius 1 is 1.50 bits per heavy atom. The van der Waals surface area contributed by atoms with E-state index in [9.17, 15) is 9.18 Å². The fourth-order valence-electron chi connectivity index (χ4n) is 1.45. The van der Waals surface area contributed by atoms with Crippen molar-refractivity contribution in [3.63, 3.8) is 0 Å². The highest BCUT2D eigenvalue weighted by atomic mass is 79.9. The van der Waals surface area contributed by atoms with Crippen molar-refractivity contribution in [2.75, 3.05) is 11.9 Å². The first-order chi connectivity index (χ1) is 8.38. The SMILES string of the molecule is CC(C)C(CO)Nc1ccc(C(=O)O)c(Br)c1F. The Balaban J connectivity index is 3.05. The highest BCUT2D eigenvalue weighted by molar-refractivity contribution is 9.10. The minimum Gasteiger partial charge on any atom is -0.478 e. The van der Waals surface area contributed by atoms with Crippen LogP contribution in [0.3, 0.4) is 0 Å². The number of carboxylic acid groups (broad SMARTS) is 1. The topological polar surface area (TPSA) is 69.6 Å². The second kappa shape index (κ2) is 6.15. The number of halogens is 2. The van der Waals surface area contributed by atoms with E-state index in [-0.39, 0.29) is 34.3 Å². The van der Waals surface area contributed by atoms with E-state index in [2.05, 4.69) is 21.2 Å². The van der Waals surface area contributed by atoms with Gasteiger partial charge in [-0.2, -0.15) is 0 Å².